The van der Waals surface area contributed by atoms with E-state index in [1.54, 1.807) is 6.20 Å². The molecule has 0 bridgehead atoms. The minimum absolute atomic E-state index is 0.252. The summed E-state index contributed by atoms with van der Waals surface area (Å²) >= 11 is 0. The van der Waals surface area contributed by atoms with Crippen LogP contribution in [0.3, 0.4) is 0 Å². The van der Waals surface area contributed by atoms with Crippen molar-refractivity contribution in [1.82, 2.24) is 15.3 Å². The van der Waals surface area contributed by atoms with Crippen LogP contribution in [0.5, 0.6) is 0 Å². The van der Waals surface area contributed by atoms with Crippen molar-refractivity contribution < 1.29 is 5.21 Å². The third kappa shape index (κ3) is 4.29. The van der Waals surface area contributed by atoms with Gasteiger partial charge in [-0.15, -0.1) is 0 Å². The van der Waals surface area contributed by atoms with Crippen molar-refractivity contribution >= 4 is 5.84 Å². The smallest absolute Gasteiger partial charge is 0.144 e. The summed E-state index contributed by atoms with van der Waals surface area (Å²) in [5.41, 5.74) is 6.26. The van der Waals surface area contributed by atoms with Crippen LogP contribution in [-0.4, -0.2) is 27.6 Å². The van der Waals surface area contributed by atoms with Gasteiger partial charge in [-0.05, 0) is 26.0 Å². The Bertz CT molecular complexity index is 417. The van der Waals surface area contributed by atoms with Crippen molar-refractivity contribution in [3.8, 4) is 0 Å². The summed E-state index contributed by atoms with van der Waals surface area (Å²) in [6.45, 7) is 7.21. The Morgan fingerprint density at radius 2 is 2.28 bits per heavy atom. The van der Waals surface area contributed by atoms with Gasteiger partial charge in [0.15, 0.2) is 0 Å². The van der Waals surface area contributed by atoms with E-state index in [4.69, 9.17) is 10.9 Å². The first-order valence-electron chi connectivity index (χ1n) is 5.93. The van der Waals surface area contributed by atoms with Gasteiger partial charge < -0.3 is 16.3 Å². The maximum absolute atomic E-state index is 8.66. The molecule has 0 aliphatic rings. The molecule has 1 rings (SSSR count). The van der Waals surface area contributed by atoms with Crippen molar-refractivity contribution in [3.05, 3.63) is 23.8 Å². The lowest BCUT2D eigenvalue weighted by atomic mass is 9.88. The Hall–Kier alpha value is -1.69. The van der Waals surface area contributed by atoms with Gasteiger partial charge in [-0.3, -0.25) is 0 Å². The Morgan fingerprint density at radius 3 is 2.89 bits per heavy atom. The fourth-order valence-electron chi connectivity index (χ4n) is 1.48. The molecule has 6 heteroatoms. The molecule has 4 N–H and O–H groups in total. The van der Waals surface area contributed by atoms with E-state index >= 15 is 0 Å². The van der Waals surface area contributed by atoms with Crippen LogP contribution in [0.2, 0.25) is 0 Å². The molecule has 0 aliphatic carbocycles. The minimum atomic E-state index is -0.316. The van der Waals surface area contributed by atoms with Gasteiger partial charge in [0.2, 0.25) is 0 Å². The molecule has 100 valence electrons. The number of nitrogens with one attached hydrogen (secondary N) is 1. The molecule has 0 radical (unpaired) electrons. The lowest BCUT2D eigenvalue weighted by Crippen LogP contribution is -2.34. The highest BCUT2D eigenvalue weighted by atomic mass is 16.4. The Labute approximate surface area is 107 Å². The average molecular weight is 251 g/mol. The molecule has 0 aromatic carbocycles. The second-order valence-corrected chi connectivity index (χ2v) is 4.89. The van der Waals surface area contributed by atoms with E-state index < -0.39 is 0 Å². The molecule has 1 heterocycles. The highest BCUT2D eigenvalue weighted by Gasteiger charge is 2.22. The molecular formula is C12H21N5O. The van der Waals surface area contributed by atoms with Crippen LogP contribution in [0.25, 0.3) is 0 Å². The van der Waals surface area contributed by atoms with Gasteiger partial charge >= 0.3 is 0 Å². The maximum atomic E-state index is 8.66. The number of aromatic nitrogens is 2. The second kappa shape index (κ2) is 6.30. The molecule has 0 saturated heterocycles. The van der Waals surface area contributed by atoms with E-state index in [1.165, 1.54) is 0 Å². The van der Waals surface area contributed by atoms with E-state index in [2.05, 4.69) is 20.4 Å². The van der Waals surface area contributed by atoms with E-state index in [1.807, 2.05) is 26.8 Å². The summed E-state index contributed by atoms with van der Waals surface area (Å²) in [5, 5.41) is 15.0. The van der Waals surface area contributed by atoms with Crippen LogP contribution < -0.4 is 11.1 Å². The van der Waals surface area contributed by atoms with Crippen LogP contribution in [0.4, 0.5) is 0 Å². The molecule has 1 aromatic rings. The molecule has 6 nitrogen and oxygen atoms in total. The molecule has 18 heavy (non-hydrogen) atoms. The predicted octanol–water partition coefficient (Wildman–Crippen LogP) is 1.04. The van der Waals surface area contributed by atoms with Crippen molar-refractivity contribution in [2.75, 3.05) is 6.54 Å². The number of hydrogen-bond donors (Lipinski definition) is 3. The molecule has 0 spiro atoms. The van der Waals surface area contributed by atoms with Crippen LogP contribution >= 0.6 is 0 Å². The molecule has 1 aromatic heterocycles. The van der Waals surface area contributed by atoms with Crippen molar-refractivity contribution in [3.63, 3.8) is 0 Å². The molecule has 0 amide bonds. The summed E-state index contributed by atoms with van der Waals surface area (Å²) in [5.74, 6) is 1.02. The molecule has 0 fully saturated rings. The van der Waals surface area contributed by atoms with Gasteiger partial charge in [0.25, 0.3) is 0 Å². The number of amidine groups is 1. The Kier molecular flexibility index (Phi) is 5.03. The highest BCUT2D eigenvalue weighted by molar-refractivity contribution is 5.85. The van der Waals surface area contributed by atoms with E-state index in [9.17, 15) is 0 Å². The van der Waals surface area contributed by atoms with Crippen molar-refractivity contribution in [2.45, 2.75) is 33.7 Å². The van der Waals surface area contributed by atoms with Crippen molar-refractivity contribution in [1.29, 1.82) is 0 Å². The lowest BCUT2D eigenvalue weighted by Gasteiger charge is -2.22. The lowest BCUT2D eigenvalue weighted by molar-refractivity contribution is 0.305. The summed E-state index contributed by atoms with van der Waals surface area (Å²) in [7, 11) is 0. The Balaban J connectivity index is 2.35. The predicted molar refractivity (Wildman–Crippen MR) is 70.3 cm³/mol. The first-order chi connectivity index (χ1) is 8.45. The average Bonchev–Trinajstić information content (AvgIpc) is 2.33. The third-order valence-corrected chi connectivity index (χ3v) is 2.87. The molecule has 0 atom stereocenters. The van der Waals surface area contributed by atoms with Gasteiger partial charge in [0, 0.05) is 18.2 Å². The zero-order valence-electron chi connectivity index (χ0n) is 11.1. The van der Waals surface area contributed by atoms with E-state index in [0.717, 1.165) is 24.5 Å². The highest BCUT2D eigenvalue weighted by Crippen LogP contribution is 2.19. The van der Waals surface area contributed by atoms with Crippen LogP contribution in [0.15, 0.2) is 17.4 Å². The monoisotopic (exact) mass is 251 g/mol. The van der Waals surface area contributed by atoms with Crippen molar-refractivity contribution in [2.24, 2.45) is 16.3 Å². The Morgan fingerprint density at radius 1 is 1.56 bits per heavy atom. The van der Waals surface area contributed by atoms with Gasteiger partial charge in [0.1, 0.15) is 11.7 Å². The number of nitrogens with two attached hydrogens (primary N) is 1. The first-order valence-corrected chi connectivity index (χ1v) is 5.93. The standard InChI is InChI=1S/C12H21N5O/c1-9-15-6-4-10(16-9)8-14-7-5-12(2,3)11(13)17-18/h4,6,14,18H,5,7-8H2,1-3H3,(H2,13,17). The number of hydrogen-bond acceptors (Lipinski definition) is 5. The summed E-state index contributed by atoms with van der Waals surface area (Å²) in [6.07, 6.45) is 2.53. The SMILES string of the molecule is Cc1nccc(CNCCC(C)(C)C(N)=NO)n1. The molecule has 0 unspecified atom stereocenters. The maximum Gasteiger partial charge on any atom is 0.144 e. The van der Waals surface area contributed by atoms with Gasteiger partial charge in [-0.25, -0.2) is 9.97 Å². The first kappa shape index (κ1) is 14.4. The number of oxime groups is 1. The summed E-state index contributed by atoms with van der Waals surface area (Å²) in [4.78, 5) is 8.34. The summed E-state index contributed by atoms with van der Waals surface area (Å²) in [6, 6.07) is 1.88. The minimum Gasteiger partial charge on any atom is -0.409 e. The third-order valence-electron chi connectivity index (χ3n) is 2.87. The zero-order valence-corrected chi connectivity index (χ0v) is 11.1. The van der Waals surface area contributed by atoms with E-state index in [0.29, 0.717) is 6.54 Å². The van der Waals surface area contributed by atoms with Crippen LogP contribution in [-0.2, 0) is 6.54 Å². The molecular weight excluding hydrogens is 230 g/mol. The largest absolute Gasteiger partial charge is 0.409 e. The van der Waals surface area contributed by atoms with Gasteiger partial charge in [-0.1, -0.05) is 19.0 Å². The second-order valence-electron chi connectivity index (χ2n) is 4.89. The van der Waals surface area contributed by atoms with E-state index in [-0.39, 0.29) is 11.3 Å². The number of rotatable bonds is 6. The number of nitrogens with zero attached hydrogens (tertiary/aromatic N) is 3. The normalized spacial score (nSPS) is 12.7. The van der Waals surface area contributed by atoms with Gasteiger partial charge in [-0.2, -0.15) is 0 Å². The number of aryl methyl sites for hydroxylation is 1. The summed E-state index contributed by atoms with van der Waals surface area (Å²) < 4.78 is 0. The molecule has 0 aliphatic heterocycles. The fraction of sp³-hybridized carbons (Fsp3) is 0.583. The quantitative estimate of drug-likeness (QED) is 0.231. The van der Waals surface area contributed by atoms with Crippen LogP contribution in [0, 0.1) is 12.3 Å². The molecule has 0 saturated carbocycles. The zero-order chi connectivity index (χ0) is 13.6. The topological polar surface area (TPSA) is 96.4 Å². The fourth-order valence-corrected chi connectivity index (χ4v) is 1.48. The van der Waals surface area contributed by atoms with Crippen LogP contribution in [0.1, 0.15) is 31.8 Å². The van der Waals surface area contributed by atoms with Gasteiger partial charge in [0.05, 0.1) is 5.69 Å².